The molecule has 2 nitrogen and oxygen atoms in total. The van der Waals surface area contributed by atoms with E-state index in [4.69, 9.17) is 0 Å². The Hall–Kier alpha value is -0.240. The molecule has 158 valence electrons. The molecule has 0 atom stereocenters. The van der Waals surface area contributed by atoms with E-state index in [1.54, 1.807) is 0 Å². The molecule has 0 bridgehead atoms. The molecule has 2 aromatic heterocycles. The quantitative estimate of drug-likeness (QED) is 0.173. The molecule has 2 heterocycles. The van der Waals surface area contributed by atoms with Crippen LogP contribution in [0.5, 0.6) is 0 Å². The van der Waals surface area contributed by atoms with Crippen LogP contribution < -0.4 is 57.1 Å². The zero-order valence-corrected chi connectivity index (χ0v) is 22.2. The van der Waals surface area contributed by atoms with Crippen molar-refractivity contribution in [3.05, 3.63) is 60.2 Å². The molecule has 0 aliphatic carbocycles. The Labute approximate surface area is 207 Å². The molecule has 0 aliphatic rings. The van der Waals surface area contributed by atoms with Gasteiger partial charge in [-0.1, -0.05) is 76.8 Å². The van der Waals surface area contributed by atoms with Crippen LogP contribution in [-0.2, 0) is 14.1 Å². The lowest BCUT2D eigenvalue weighted by Crippen LogP contribution is -3.00. The third-order valence-electron chi connectivity index (χ3n) is 5.50. The van der Waals surface area contributed by atoms with Crippen LogP contribution in [0.4, 0.5) is 0 Å². The molecular weight excluding hydrogens is 570 g/mol. The maximum absolute atomic E-state index is 2.29. The van der Waals surface area contributed by atoms with E-state index in [-0.39, 0.29) is 48.0 Å². The minimum Gasteiger partial charge on any atom is -1.00 e. The molecule has 0 amide bonds. The van der Waals surface area contributed by atoms with Gasteiger partial charge in [-0.2, -0.15) is 0 Å². The molecule has 28 heavy (non-hydrogen) atoms. The van der Waals surface area contributed by atoms with Crippen LogP contribution in [0.3, 0.4) is 0 Å². The molecule has 0 aliphatic heterocycles. The second kappa shape index (κ2) is 16.5. The van der Waals surface area contributed by atoms with Gasteiger partial charge in [0.15, 0.2) is 23.8 Å². The fraction of sp³-hybridized carbons (Fsp3) is 0.583. The standard InChI is InChI=1S/C24H38N2.2HI/c1-4-5-6-7-8-9-10-11-12-17-22(23-18-13-15-20-25(23)2)24-19-14-16-21-26(24)3;;/h13-16,18-22H,4-12,17H2,1-3H3;2*1H/q+2;;/p-2. The van der Waals surface area contributed by atoms with Crippen molar-refractivity contribution < 1.29 is 57.1 Å². The van der Waals surface area contributed by atoms with Crippen LogP contribution in [0.15, 0.2) is 48.8 Å². The summed E-state index contributed by atoms with van der Waals surface area (Å²) in [5.41, 5.74) is 2.82. The third kappa shape index (κ3) is 9.51. The van der Waals surface area contributed by atoms with Crippen molar-refractivity contribution in [1.29, 1.82) is 0 Å². The molecule has 0 spiro atoms. The number of halogens is 2. The van der Waals surface area contributed by atoms with Gasteiger partial charge < -0.3 is 48.0 Å². The lowest BCUT2D eigenvalue weighted by atomic mass is 9.92. The molecule has 2 aromatic rings. The minimum atomic E-state index is 0. The molecule has 0 N–H and O–H groups in total. The molecule has 0 saturated heterocycles. The van der Waals surface area contributed by atoms with Gasteiger partial charge in [-0.05, 0) is 6.42 Å². The van der Waals surface area contributed by atoms with Crippen LogP contribution in [-0.4, -0.2) is 0 Å². The summed E-state index contributed by atoms with van der Waals surface area (Å²) >= 11 is 0. The summed E-state index contributed by atoms with van der Waals surface area (Å²) in [7, 11) is 4.34. The van der Waals surface area contributed by atoms with E-state index in [9.17, 15) is 0 Å². The van der Waals surface area contributed by atoms with E-state index < -0.39 is 0 Å². The second-order valence-electron chi connectivity index (χ2n) is 7.64. The number of pyridine rings is 2. The Kier molecular flexibility index (Phi) is 16.4. The molecular formula is C24H38I2N2. The van der Waals surface area contributed by atoms with Gasteiger partial charge in [0.2, 0.25) is 0 Å². The monoisotopic (exact) mass is 608 g/mol. The Morgan fingerprint density at radius 2 is 1.07 bits per heavy atom. The average molecular weight is 608 g/mol. The number of nitrogens with zero attached hydrogens (tertiary/aromatic N) is 2. The Balaban J connectivity index is 0.00000364. The smallest absolute Gasteiger partial charge is 0.194 e. The summed E-state index contributed by atoms with van der Waals surface area (Å²) < 4.78 is 4.57. The SMILES string of the molecule is CCCCCCCCCCCC(c1cccc[n+]1C)c1cccc[n+]1C.[I-].[I-]. The predicted octanol–water partition coefficient (Wildman–Crippen LogP) is -0.604. The van der Waals surface area contributed by atoms with E-state index in [1.165, 1.54) is 75.6 Å². The van der Waals surface area contributed by atoms with Crippen LogP contribution in [0, 0.1) is 0 Å². The largest absolute Gasteiger partial charge is 1.00 e. The van der Waals surface area contributed by atoms with Gasteiger partial charge >= 0.3 is 0 Å². The Bertz CT molecular complexity index is 601. The molecule has 0 aromatic carbocycles. The number of rotatable bonds is 12. The van der Waals surface area contributed by atoms with Crippen LogP contribution in [0.25, 0.3) is 0 Å². The molecule has 4 heteroatoms. The van der Waals surface area contributed by atoms with Crippen molar-refractivity contribution >= 4 is 0 Å². The van der Waals surface area contributed by atoms with Gasteiger partial charge in [0, 0.05) is 24.3 Å². The Morgan fingerprint density at radius 1 is 0.643 bits per heavy atom. The number of aromatic nitrogens is 2. The summed E-state index contributed by atoms with van der Waals surface area (Å²) in [6, 6.07) is 13.1. The zero-order chi connectivity index (χ0) is 18.6. The Morgan fingerprint density at radius 3 is 1.50 bits per heavy atom. The summed E-state index contributed by atoms with van der Waals surface area (Å²) in [6.45, 7) is 2.29. The first-order valence-corrected chi connectivity index (χ1v) is 10.6. The van der Waals surface area contributed by atoms with Crippen LogP contribution >= 0.6 is 0 Å². The predicted molar refractivity (Wildman–Crippen MR) is 109 cm³/mol. The second-order valence-corrected chi connectivity index (χ2v) is 7.64. The minimum absolute atomic E-state index is 0. The van der Waals surface area contributed by atoms with Gasteiger partial charge in [0.05, 0.1) is 0 Å². The molecule has 0 fully saturated rings. The fourth-order valence-corrected chi connectivity index (χ4v) is 3.90. The van der Waals surface area contributed by atoms with E-state index in [1.807, 2.05) is 0 Å². The molecule has 0 saturated carbocycles. The van der Waals surface area contributed by atoms with Gasteiger partial charge in [0.1, 0.15) is 20.0 Å². The molecule has 0 unspecified atom stereocenters. The molecule has 2 rings (SSSR count). The highest BCUT2D eigenvalue weighted by molar-refractivity contribution is 5.16. The van der Waals surface area contributed by atoms with Crippen LogP contribution in [0.2, 0.25) is 0 Å². The first-order valence-electron chi connectivity index (χ1n) is 10.6. The average Bonchev–Trinajstić information content (AvgIpc) is 2.65. The van der Waals surface area contributed by atoms with Gasteiger partial charge in [-0.15, -0.1) is 0 Å². The van der Waals surface area contributed by atoms with Crippen molar-refractivity contribution in [2.24, 2.45) is 14.1 Å². The summed E-state index contributed by atoms with van der Waals surface area (Å²) in [5.74, 6) is 0.469. The number of aryl methyl sites for hydroxylation is 2. The van der Waals surface area contributed by atoms with Gasteiger partial charge in [-0.3, -0.25) is 0 Å². The van der Waals surface area contributed by atoms with E-state index in [0.717, 1.165) is 0 Å². The van der Waals surface area contributed by atoms with Gasteiger partial charge in [-0.25, -0.2) is 9.13 Å². The van der Waals surface area contributed by atoms with Crippen molar-refractivity contribution in [3.63, 3.8) is 0 Å². The summed E-state index contributed by atoms with van der Waals surface area (Å²) in [6.07, 6.45) is 18.1. The lowest BCUT2D eigenvalue weighted by Gasteiger charge is -2.13. The maximum Gasteiger partial charge on any atom is 0.194 e. The van der Waals surface area contributed by atoms with Crippen LogP contribution in [0.1, 0.15) is 88.4 Å². The van der Waals surface area contributed by atoms with Crippen molar-refractivity contribution in [3.8, 4) is 0 Å². The zero-order valence-electron chi connectivity index (χ0n) is 17.9. The summed E-state index contributed by atoms with van der Waals surface area (Å²) in [5, 5.41) is 0. The number of hydrogen-bond donors (Lipinski definition) is 0. The highest BCUT2D eigenvalue weighted by Gasteiger charge is 2.27. The van der Waals surface area contributed by atoms with Crippen molar-refractivity contribution in [2.75, 3.05) is 0 Å². The van der Waals surface area contributed by atoms with E-state index in [2.05, 4.69) is 78.9 Å². The first kappa shape index (κ1) is 27.8. The highest BCUT2D eigenvalue weighted by Crippen LogP contribution is 2.26. The lowest BCUT2D eigenvalue weighted by molar-refractivity contribution is -0.693. The number of hydrogen-bond acceptors (Lipinski definition) is 0. The van der Waals surface area contributed by atoms with E-state index >= 15 is 0 Å². The van der Waals surface area contributed by atoms with Crippen molar-refractivity contribution in [2.45, 2.75) is 77.0 Å². The topological polar surface area (TPSA) is 7.76 Å². The van der Waals surface area contributed by atoms with Gasteiger partial charge in [0.25, 0.3) is 0 Å². The third-order valence-corrected chi connectivity index (χ3v) is 5.50. The maximum atomic E-state index is 2.29. The highest BCUT2D eigenvalue weighted by atomic mass is 127. The molecule has 0 radical (unpaired) electrons. The first-order chi connectivity index (χ1) is 12.7. The number of unbranched alkanes of at least 4 members (excludes halogenated alkanes) is 8. The normalized spacial score (nSPS) is 10.4. The fourth-order valence-electron chi connectivity index (χ4n) is 3.90. The van der Waals surface area contributed by atoms with Crippen molar-refractivity contribution in [1.82, 2.24) is 0 Å². The summed E-state index contributed by atoms with van der Waals surface area (Å²) in [4.78, 5) is 0. The van der Waals surface area contributed by atoms with E-state index in [0.29, 0.717) is 5.92 Å².